The molecule has 1 unspecified atom stereocenters. The molecule has 1 aromatic heterocycles. The third kappa shape index (κ3) is 3.83. The number of halogens is 1. The Morgan fingerprint density at radius 3 is 2.61 bits per heavy atom. The van der Waals surface area contributed by atoms with E-state index in [1.807, 2.05) is 37.4 Å². The molecule has 1 N–H and O–H groups in total. The van der Waals surface area contributed by atoms with Crippen LogP contribution in [-0.4, -0.2) is 53.8 Å². The number of nitrogens with zero attached hydrogens (tertiary/aromatic N) is 3. The summed E-state index contributed by atoms with van der Waals surface area (Å²) in [4.78, 5) is 9.24. The second-order valence-corrected chi connectivity index (χ2v) is 9.02. The minimum Gasteiger partial charge on any atom is -0.495 e. The SMILES string of the molecule is COc1cncc(C2(N3CCN(Cc4cc(F)ccc4C)CC3)Cc3ccccc3C2=N)c1. The first-order valence-electron chi connectivity index (χ1n) is 11.4. The first-order chi connectivity index (χ1) is 16.0. The summed E-state index contributed by atoms with van der Waals surface area (Å²) in [6.07, 6.45) is 4.34. The quantitative estimate of drug-likeness (QED) is 0.642. The third-order valence-electron chi connectivity index (χ3n) is 7.19. The van der Waals surface area contributed by atoms with E-state index in [1.165, 1.54) is 11.6 Å². The van der Waals surface area contributed by atoms with Gasteiger partial charge in [-0.3, -0.25) is 14.8 Å². The van der Waals surface area contributed by atoms with Crippen LogP contribution in [0.1, 0.15) is 27.8 Å². The van der Waals surface area contributed by atoms with Gasteiger partial charge >= 0.3 is 0 Å². The lowest BCUT2D eigenvalue weighted by atomic mass is 9.83. The first-order valence-corrected chi connectivity index (χ1v) is 11.4. The normalized spacial score (nSPS) is 21.2. The van der Waals surface area contributed by atoms with Crippen molar-refractivity contribution in [1.82, 2.24) is 14.8 Å². The Hall–Kier alpha value is -3.09. The number of aryl methyl sites for hydroxylation is 1. The van der Waals surface area contributed by atoms with Gasteiger partial charge in [0.1, 0.15) is 11.6 Å². The zero-order valence-corrected chi connectivity index (χ0v) is 19.1. The molecule has 0 bridgehead atoms. The van der Waals surface area contributed by atoms with E-state index in [-0.39, 0.29) is 5.82 Å². The summed E-state index contributed by atoms with van der Waals surface area (Å²) in [7, 11) is 1.65. The number of ether oxygens (including phenoxy) is 1. The van der Waals surface area contributed by atoms with Gasteiger partial charge in [0, 0.05) is 56.5 Å². The lowest BCUT2D eigenvalue weighted by molar-refractivity contribution is 0.0656. The van der Waals surface area contributed by atoms with E-state index < -0.39 is 5.54 Å². The zero-order chi connectivity index (χ0) is 23.0. The average molecular weight is 445 g/mol. The molecule has 6 heteroatoms. The largest absolute Gasteiger partial charge is 0.495 e. The van der Waals surface area contributed by atoms with Crippen molar-refractivity contribution in [1.29, 1.82) is 5.41 Å². The van der Waals surface area contributed by atoms with E-state index in [0.717, 1.165) is 61.4 Å². The lowest BCUT2D eigenvalue weighted by Gasteiger charge is -2.46. The molecule has 2 heterocycles. The molecule has 0 amide bonds. The van der Waals surface area contributed by atoms with Crippen molar-refractivity contribution in [3.8, 4) is 5.75 Å². The predicted octanol–water partition coefficient (Wildman–Crippen LogP) is 4.17. The summed E-state index contributed by atoms with van der Waals surface area (Å²) in [5.41, 5.74) is 5.43. The van der Waals surface area contributed by atoms with Crippen LogP contribution in [0.3, 0.4) is 0 Å². The number of benzene rings is 2. The van der Waals surface area contributed by atoms with Crippen molar-refractivity contribution in [3.63, 3.8) is 0 Å². The molecule has 1 atom stereocenters. The molecule has 170 valence electrons. The highest BCUT2D eigenvalue weighted by Crippen LogP contribution is 2.43. The van der Waals surface area contributed by atoms with Gasteiger partial charge in [-0.05, 0) is 41.8 Å². The van der Waals surface area contributed by atoms with E-state index in [4.69, 9.17) is 4.74 Å². The van der Waals surface area contributed by atoms with E-state index in [9.17, 15) is 9.80 Å². The number of aromatic nitrogens is 1. The Balaban J connectivity index is 1.43. The van der Waals surface area contributed by atoms with Crippen LogP contribution < -0.4 is 4.74 Å². The fourth-order valence-electron chi connectivity index (χ4n) is 5.30. The highest BCUT2D eigenvalue weighted by Gasteiger charge is 2.49. The van der Waals surface area contributed by atoms with E-state index in [1.54, 1.807) is 19.4 Å². The molecule has 2 aromatic carbocycles. The van der Waals surface area contributed by atoms with Gasteiger partial charge < -0.3 is 10.1 Å². The van der Waals surface area contributed by atoms with Crippen LogP contribution >= 0.6 is 0 Å². The van der Waals surface area contributed by atoms with Gasteiger partial charge in [-0.1, -0.05) is 30.3 Å². The smallest absolute Gasteiger partial charge is 0.137 e. The zero-order valence-electron chi connectivity index (χ0n) is 19.1. The second kappa shape index (κ2) is 8.69. The number of pyridine rings is 1. The number of nitrogens with one attached hydrogen (secondary N) is 1. The number of methoxy groups -OCH3 is 1. The first kappa shape index (κ1) is 21.7. The van der Waals surface area contributed by atoms with Crippen LogP contribution in [0.2, 0.25) is 0 Å². The summed E-state index contributed by atoms with van der Waals surface area (Å²) < 4.78 is 19.2. The molecule has 33 heavy (non-hydrogen) atoms. The van der Waals surface area contributed by atoms with E-state index >= 15 is 0 Å². The lowest BCUT2D eigenvalue weighted by Crippen LogP contribution is -2.58. The number of piperazine rings is 1. The van der Waals surface area contributed by atoms with Crippen molar-refractivity contribution in [2.45, 2.75) is 25.4 Å². The maximum absolute atomic E-state index is 13.8. The van der Waals surface area contributed by atoms with Gasteiger partial charge in [0.25, 0.3) is 0 Å². The van der Waals surface area contributed by atoms with Crippen LogP contribution in [-0.2, 0) is 18.5 Å². The van der Waals surface area contributed by atoms with Gasteiger partial charge in [-0.15, -0.1) is 0 Å². The van der Waals surface area contributed by atoms with Gasteiger partial charge in [0.15, 0.2) is 0 Å². The molecule has 1 aliphatic carbocycles. The molecule has 0 radical (unpaired) electrons. The summed E-state index contributed by atoms with van der Waals surface area (Å²) in [6.45, 7) is 6.14. The van der Waals surface area contributed by atoms with Crippen molar-refractivity contribution in [3.05, 3.63) is 94.6 Å². The van der Waals surface area contributed by atoms with Crippen molar-refractivity contribution in [2.24, 2.45) is 0 Å². The van der Waals surface area contributed by atoms with Crippen LogP contribution in [0.4, 0.5) is 4.39 Å². The highest BCUT2D eigenvalue weighted by molar-refractivity contribution is 6.09. The molecule has 0 saturated carbocycles. The van der Waals surface area contributed by atoms with Crippen LogP contribution in [0.5, 0.6) is 5.75 Å². The number of hydrogen-bond acceptors (Lipinski definition) is 5. The molecule has 0 spiro atoms. The number of fused-ring (bicyclic) bond motifs is 1. The summed E-state index contributed by atoms with van der Waals surface area (Å²) in [5, 5.41) is 9.25. The summed E-state index contributed by atoms with van der Waals surface area (Å²) in [5.74, 6) is 0.520. The molecule has 5 rings (SSSR count). The predicted molar refractivity (Wildman–Crippen MR) is 127 cm³/mol. The topological polar surface area (TPSA) is 52.5 Å². The van der Waals surface area contributed by atoms with Crippen molar-refractivity contribution < 1.29 is 9.13 Å². The minimum absolute atomic E-state index is 0.184. The van der Waals surface area contributed by atoms with Crippen LogP contribution in [0.25, 0.3) is 0 Å². The maximum Gasteiger partial charge on any atom is 0.137 e. The molecular formula is C27H29FN4O. The average Bonchev–Trinajstić information content (AvgIpc) is 3.15. The van der Waals surface area contributed by atoms with E-state index in [2.05, 4.69) is 26.9 Å². The summed E-state index contributed by atoms with van der Waals surface area (Å²) in [6, 6.07) is 15.3. The van der Waals surface area contributed by atoms with Gasteiger partial charge in [0.2, 0.25) is 0 Å². The van der Waals surface area contributed by atoms with E-state index in [0.29, 0.717) is 11.5 Å². The fourth-order valence-corrected chi connectivity index (χ4v) is 5.30. The highest BCUT2D eigenvalue weighted by atomic mass is 19.1. The molecule has 1 fully saturated rings. The molecular weight excluding hydrogens is 415 g/mol. The second-order valence-electron chi connectivity index (χ2n) is 9.02. The Morgan fingerprint density at radius 1 is 1.06 bits per heavy atom. The maximum atomic E-state index is 13.8. The van der Waals surface area contributed by atoms with Crippen LogP contribution in [0, 0.1) is 18.2 Å². The van der Waals surface area contributed by atoms with Gasteiger partial charge in [0.05, 0.1) is 24.6 Å². The Bertz CT molecular complexity index is 1190. The molecule has 3 aromatic rings. The van der Waals surface area contributed by atoms with Crippen molar-refractivity contribution >= 4 is 5.71 Å². The Kier molecular flexibility index (Phi) is 5.72. The van der Waals surface area contributed by atoms with Gasteiger partial charge in [-0.2, -0.15) is 0 Å². The number of rotatable bonds is 5. The van der Waals surface area contributed by atoms with Gasteiger partial charge in [-0.25, -0.2) is 4.39 Å². The monoisotopic (exact) mass is 444 g/mol. The third-order valence-corrected chi connectivity index (χ3v) is 7.19. The van der Waals surface area contributed by atoms with Crippen LogP contribution in [0.15, 0.2) is 60.9 Å². The summed E-state index contributed by atoms with van der Waals surface area (Å²) >= 11 is 0. The minimum atomic E-state index is -0.563. The number of hydrogen-bond donors (Lipinski definition) is 1. The molecule has 1 aliphatic heterocycles. The van der Waals surface area contributed by atoms with Crippen molar-refractivity contribution in [2.75, 3.05) is 33.3 Å². The Morgan fingerprint density at radius 2 is 1.85 bits per heavy atom. The molecule has 5 nitrogen and oxygen atoms in total. The standard InChI is InChI=1S/C27H29FN4O/c1-19-7-8-23(28)13-21(19)18-31-9-11-32(12-10-31)27(22-14-24(33-2)17-30-16-22)15-20-5-3-4-6-25(20)26(27)29/h3-8,13-14,16-17,29H,9-12,15,18H2,1-2H3. The Labute approximate surface area is 194 Å². The molecule has 1 saturated heterocycles. The molecule has 2 aliphatic rings. The fraction of sp³-hybridized carbons (Fsp3) is 0.333.